The zero-order valence-electron chi connectivity index (χ0n) is 62.4. The van der Waals surface area contributed by atoms with Gasteiger partial charge in [0.15, 0.2) is 5.69 Å². The lowest BCUT2D eigenvalue weighted by Crippen LogP contribution is -2.36. The van der Waals surface area contributed by atoms with E-state index in [1.54, 1.807) is 26.5 Å². The summed E-state index contributed by atoms with van der Waals surface area (Å²) in [5.41, 5.74) is 9.19. The summed E-state index contributed by atoms with van der Waals surface area (Å²) in [6, 6.07) is 31.5. The largest absolute Gasteiger partial charge is 0.461 e. The van der Waals surface area contributed by atoms with Crippen LogP contribution >= 0.6 is 0 Å². The highest BCUT2D eigenvalue weighted by Crippen LogP contribution is 2.40. The van der Waals surface area contributed by atoms with Gasteiger partial charge in [-0.15, -0.1) is 0 Å². The summed E-state index contributed by atoms with van der Waals surface area (Å²) < 4.78 is 32.8. The maximum Gasteiger partial charge on any atom is 0.410 e. The number of carbonyl (C=O) groups excluding carboxylic acids is 5. The first kappa shape index (κ1) is 75.4. The van der Waals surface area contributed by atoms with Crippen molar-refractivity contribution in [1.82, 2.24) is 59.5 Å². The van der Waals surface area contributed by atoms with E-state index in [9.17, 15) is 29.1 Å². The van der Waals surface area contributed by atoms with Crippen LogP contribution in [0.15, 0.2) is 109 Å². The molecule has 4 aromatic carbocycles. The van der Waals surface area contributed by atoms with E-state index in [0.29, 0.717) is 61.3 Å². The van der Waals surface area contributed by atoms with Crippen LogP contribution in [0.4, 0.5) is 19.2 Å². The van der Waals surface area contributed by atoms with Gasteiger partial charge in [0.25, 0.3) is 0 Å². The molecule has 5 saturated heterocycles. The van der Waals surface area contributed by atoms with Gasteiger partial charge in [0.1, 0.15) is 51.4 Å². The summed E-state index contributed by atoms with van der Waals surface area (Å²) in [6.07, 6.45) is 11.4. The third-order valence-electron chi connectivity index (χ3n) is 18.3. The number of aliphatic hydroxyl groups is 1. The molecule has 0 bridgehead atoms. The Morgan fingerprint density at radius 1 is 0.423 bits per heavy atom. The molecule has 8 aromatic rings. The minimum atomic E-state index is -0.624. The number of esters is 1. The van der Waals surface area contributed by atoms with Gasteiger partial charge in [-0.2, -0.15) is 0 Å². The monoisotopic (exact) mass is 1420 g/mol. The van der Waals surface area contributed by atoms with Gasteiger partial charge in [0, 0.05) is 50.5 Å². The minimum absolute atomic E-state index is 0.134. The van der Waals surface area contributed by atoms with E-state index >= 15 is 0 Å². The molecule has 0 aliphatic carbocycles. The zero-order valence-corrected chi connectivity index (χ0v) is 62.4. The molecule has 0 saturated carbocycles. The summed E-state index contributed by atoms with van der Waals surface area (Å²) in [5, 5.41) is 10.2. The van der Waals surface area contributed by atoms with E-state index in [4.69, 9.17) is 38.4 Å². The lowest BCUT2D eigenvalue weighted by Gasteiger charge is -2.27. The number of imidazole rings is 4. The Balaban J connectivity index is 0.000000195. The summed E-state index contributed by atoms with van der Waals surface area (Å²) in [6.45, 7) is 28.6. The van der Waals surface area contributed by atoms with Crippen molar-refractivity contribution < 1.29 is 57.5 Å². The van der Waals surface area contributed by atoms with E-state index in [1.165, 1.54) is 12.8 Å². The standard InChI is InChI=1S/C39H48N6O6.C37H46N6O5.C4H8O/c1-8-49-35(46)32-31(42-34(43-32)30-12-10-22-45(30)37(48)51-39(5,6)7)27-19-15-25(16-20-27)24-13-17-26(18-14-24)28-23-40-33(41-28)29-11-9-21-44(29)36(47)50-38(2,3)4;1-36(2,3)47-34(45)42-19-7-9-29(42)32-38-21-27(39-32)25-15-11-23(12-16-25)24-13-17-26(18-14-24)31-28(22-44)40-33(41-31)30-10-8-20-43(30)35(46)48-37(4,5)6;1-2-4-5-3-1/h13-20,23,29-30H,8-12,21-22H2,1-7H3,(H,40,41)(H,42,43);11-18,21,29-30,44H,7-10,19-20,22H2,1-6H3,(H,38,39)(H,40,41);1-4H2/t2*29-,30-;/m00./s1. The van der Waals surface area contributed by atoms with Crippen LogP contribution in [0, 0.1) is 0 Å². The van der Waals surface area contributed by atoms with Crippen LogP contribution in [0.5, 0.6) is 0 Å². The highest BCUT2D eigenvalue weighted by Gasteiger charge is 2.40. The second-order valence-corrected chi connectivity index (χ2v) is 31.0. The van der Waals surface area contributed by atoms with Crippen molar-refractivity contribution in [3.8, 4) is 67.3 Å². The zero-order chi connectivity index (χ0) is 74.3. The van der Waals surface area contributed by atoms with Crippen molar-refractivity contribution >= 4 is 30.3 Å². The molecular formula is C80H102N12O12. The highest BCUT2D eigenvalue weighted by atomic mass is 16.6. The van der Waals surface area contributed by atoms with Crippen LogP contribution < -0.4 is 0 Å². The highest BCUT2D eigenvalue weighted by molar-refractivity contribution is 5.94. The maximum absolute atomic E-state index is 13.1. The molecule has 0 radical (unpaired) electrons. The molecule has 4 atom stereocenters. The van der Waals surface area contributed by atoms with Gasteiger partial charge in [0.05, 0.1) is 72.6 Å². The number of hydrogen-bond donors (Lipinski definition) is 5. The van der Waals surface area contributed by atoms with E-state index in [0.717, 1.165) is 126 Å². The quantitative estimate of drug-likeness (QED) is 0.0529. The number of aliphatic hydroxyl groups excluding tert-OH is 1. The average molecular weight is 1420 g/mol. The van der Waals surface area contributed by atoms with Gasteiger partial charge in [-0.3, -0.25) is 19.6 Å². The van der Waals surface area contributed by atoms with E-state index in [-0.39, 0.29) is 61.4 Å². The van der Waals surface area contributed by atoms with Gasteiger partial charge in [-0.1, -0.05) is 97.1 Å². The van der Waals surface area contributed by atoms with Crippen LogP contribution in [0.25, 0.3) is 67.3 Å². The van der Waals surface area contributed by atoms with Gasteiger partial charge >= 0.3 is 30.3 Å². The number of nitrogens with one attached hydrogen (secondary N) is 4. The number of nitrogens with zero attached hydrogens (tertiary/aromatic N) is 8. The number of ether oxygens (including phenoxy) is 6. The van der Waals surface area contributed by atoms with Crippen molar-refractivity contribution in [2.45, 2.75) is 207 Å². The molecule has 0 spiro atoms. The predicted octanol–water partition coefficient (Wildman–Crippen LogP) is 17.0. The summed E-state index contributed by atoms with van der Waals surface area (Å²) in [4.78, 5) is 104. The molecule has 5 N–H and O–H groups in total. The van der Waals surface area contributed by atoms with Crippen LogP contribution in [0.3, 0.4) is 0 Å². The molecule has 554 valence electrons. The van der Waals surface area contributed by atoms with Gasteiger partial charge in [0.2, 0.25) is 0 Å². The second-order valence-electron chi connectivity index (χ2n) is 31.0. The van der Waals surface area contributed by atoms with Crippen LogP contribution in [0.2, 0.25) is 0 Å². The van der Waals surface area contributed by atoms with Crippen LogP contribution in [-0.2, 0) is 35.0 Å². The van der Waals surface area contributed by atoms with Crippen molar-refractivity contribution in [3.63, 3.8) is 0 Å². The smallest absolute Gasteiger partial charge is 0.410 e. The summed E-state index contributed by atoms with van der Waals surface area (Å²) in [7, 11) is 0. The first-order valence-corrected chi connectivity index (χ1v) is 36.6. The fourth-order valence-electron chi connectivity index (χ4n) is 13.6. The SMILES string of the molecule is C1CCOC1.CC(C)(C)OC(=O)N1CCC[C@H]1c1ncc(-c2ccc(-c3ccc(-c4nc([C@@H]5CCCN5C(=O)OC(C)(C)C)[nH]c4CO)cc3)cc2)[nH]1.CCOC(=O)c1[nH]c([C@@H]2CCCN2C(=O)OC(C)(C)C)nc1-c1ccc(-c2ccc(-c3cnc([C@@H]4CCCN4C(=O)OC(C)(C)C)[nH]3)cc2)cc1. The molecule has 24 nitrogen and oxygen atoms in total. The Hall–Kier alpha value is -9.81. The molecule has 0 unspecified atom stereocenters. The molecular weight excluding hydrogens is 1320 g/mol. The van der Waals surface area contributed by atoms with Crippen LogP contribution in [-0.4, -0.2) is 163 Å². The number of benzene rings is 4. The number of aromatic amines is 4. The number of H-pyrrole nitrogens is 4. The van der Waals surface area contributed by atoms with Gasteiger partial charge in [-0.05, 0) is 188 Å². The van der Waals surface area contributed by atoms with Gasteiger partial charge in [-0.25, -0.2) is 43.9 Å². The average Bonchev–Trinajstić information content (AvgIpc) is 1.62. The number of likely N-dealkylation sites (tertiary alicyclic amines) is 4. The third-order valence-corrected chi connectivity index (χ3v) is 18.3. The molecule has 5 fully saturated rings. The fourth-order valence-corrected chi connectivity index (χ4v) is 13.6. The van der Waals surface area contributed by atoms with Crippen molar-refractivity contribution in [1.29, 1.82) is 0 Å². The number of rotatable bonds is 13. The first-order valence-electron chi connectivity index (χ1n) is 36.6. The Bertz CT molecular complexity index is 4230. The number of carbonyl (C=O) groups is 5. The normalized spacial score (nSPS) is 18.4. The number of aromatic nitrogens is 8. The number of amides is 4. The number of hydrogen-bond acceptors (Lipinski definition) is 16. The second kappa shape index (κ2) is 32.1. The Labute approximate surface area is 609 Å². The van der Waals surface area contributed by atoms with E-state index in [2.05, 4.69) is 66.3 Å². The predicted molar refractivity (Wildman–Crippen MR) is 396 cm³/mol. The topological polar surface area (TPSA) is 289 Å². The van der Waals surface area contributed by atoms with Crippen LogP contribution in [0.1, 0.15) is 218 Å². The van der Waals surface area contributed by atoms with Crippen molar-refractivity contribution in [3.05, 3.63) is 144 Å². The molecule has 5 aliphatic heterocycles. The first-order chi connectivity index (χ1) is 49.5. The molecule has 13 rings (SSSR count). The third kappa shape index (κ3) is 18.8. The Morgan fingerprint density at radius 3 is 1.05 bits per heavy atom. The molecule has 4 aromatic heterocycles. The lowest BCUT2D eigenvalue weighted by molar-refractivity contribution is 0.0208. The molecule has 4 amide bonds. The maximum atomic E-state index is 13.1. The molecule has 24 heteroatoms. The Kier molecular flexibility index (Phi) is 23.2. The molecule has 104 heavy (non-hydrogen) atoms. The van der Waals surface area contributed by atoms with Crippen molar-refractivity contribution in [2.24, 2.45) is 0 Å². The Morgan fingerprint density at radius 2 is 0.731 bits per heavy atom. The summed E-state index contributed by atoms with van der Waals surface area (Å²) >= 11 is 0. The lowest BCUT2D eigenvalue weighted by atomic mass is 10.0. The van der Waals surface area contributed by atoms with E-state index in [1.807, 2.05) is 156 Å². The fraction of sp³-hybridized carbons (Fsp3) is 0.487. The minimum Gasteiger partial charge on any atom is -0.461 e. The van der Waals surface area contributed by atoms with Gasteiger partial charge < -0.3 is 53.5 Å². The molecule has 5 aliphatic rings. The van der Waals surface area contributed by atoms with E-state index < -0.39 is 34.5 Å². The summed E-state index contributed by atoms with van der Waals surface area (Å²) in [5.74, 6) is 2.21. The molecule has 9 heterocycles. The van der Waals surface area contributed by atoms with Crippen molar-refractivity contribution in [2.75, 3.05) is 46.0 Å².